The zero-order chi connectivity index (χ0) is 30.1. The predicted molar refractivity (Wildman–Crippen MR) is 163 cm³/mol. The summed E-state index contributed by atoms with van der Waals surface area (Å²) in [7, 11) is 8.95. The van der Waals surface area contributed by atoms with Crippen LogP contribution in [0.3, 0.4) is 0 Å². The molecule has 2 aliphatic rings. The van der Waals surface area contributed by atoms with E-state index in [1.165, 1.54) is 9.47 Å². The summed E-state index contributed by atoms with van der Waals surface area (Å²) in [4.78, 5) is 48.5. The van der Waals surface area contributed by atoms with Gasteiger partial charge in [-0.25, -0.2) is 4.98 Å². The lowest BCUT2D eigenvalue weighted by molar-refractivity contribution is -0.129. The molecule has 2 aliphatic heterocycles. The number of aryl methyl sites for hydroxylation is 1. The molecule has 3 aromatic rings. The monoisotopic (exact) mass is 572 g/mol. The summed E-state index contributed by atoms with van der Waals surface area (Å²) in [5, 5.41) is 19.6. The fourth-order valence-electron chi connectivity index (χ4n) is 5.20. The molecule has 2 aromatic carbocycles. The van der Waals surface area contributed by atoms with Crippen molar-refractivity contribution in [2.75, 3.05) is 62.9 Å². The highest BCUT2D eigenvalue weighted by atomic mass is 16.3. The molecule has 3 heterocycles. The molecule has 0 saturated heterocycles. The molecule has 0 bridgehead atoms. The van der Waals surface area contributed by atoms with Crippen molar-refractivity contribution in [3.8, 4) is 11.3 Å². The molecule has 0 radical (unpaired) electrons. The van der Waals surface area contributed by atoms with Crippen LogP contribution in [0, 0.1) is 0 Å². The first-order chi connectivity index (χ1) is 20.1. The first kappa shape index (κ1) is 28.8. The molecule has 0 aliphatic carbocycles. The summed E-state index contributed by atoms with van der Waals surface area (Å²) >= 11 is 0. The Morgan fingerprint density at radius 2 is 1.90 bits per heavy atom. The van der Waals surface area contributed by atoms with Crippen LogP contribution in [0.5, 0.6) is 0 Å². The van der Waals surface area contributed by atoms with Gasteiger partial charge in [-0.05, 0) is 36.2 Å². The Morgan fingerprint density at radius 3 is 2.62 bits per heavy atom. The SMILES string of the molecule is CN(C)C(=O)CN1CC(Nc2nc(-c3cccc(N4CCc5cc(N(C)C)ccc5C4=O)c3CO)cn(C)c2=O)C=N1. The lowest BCUT2D eigenvalue weighted by Crippen LogP contribution is -2.38. The molecule has 1 atom stereocenters. The van der Waals surface area contributed by atoms with Gasteiger partial charge in [0.15, 0.2) is 5.82 Å². The van der Waals surface area contributed by atoms with Crippen LogP contribution in [-0.2, 0) is 24.9 Å². The number of aliphatic hydroxyl groups is 1. The van der Waals surface area contributed by atoms with Crippen LogP contribution in [0.15, 0.2) is 52.5 Å². The quantitative estimate of drug-likeness (QED) is 0.415. The minimum atomic E-state index is -0.323. The van der Waals surface area contributed by atoms with Gasteiger partial charge in [0.1, 0.15) is 6.54 Å². The van der Waals surface area contributed by atoms with Crippen LogP contribution in [0.4, 0.5) is 17.2 Å². The van der Waals surface area contributed by atoms with Gasteiger partial charge >= 0.3 is 0 Å². The Hall–Kier alpha value is -4.71. The van der Waals surface area contributed by atoms with Gasteiger partial charge in [0.05, 0.1) is 30.6 Å². The summed E-state index contributed by atoms with van der Waals surface area (Å²) < 4.78 is 1.43. The molecule has 12 heteroatoms. The number of carbonyl (C=O) groups is 2. The van der Waals surface area contributed by atoms with Crippen molar-refractivity contribution in [1.29, 1.82) is 0 Å². The molecular weight excluding hydrogens is 536 g/mol. The van der Waals surface area contributed by atoms with Crippen LogP contribution in [0.25, 0.3) is 11.3 Å². The Labute approximate surface area is 244 Å². The third-order valence-electron chi connectivity index (χ3n) is 7.59. The van der Waals surface area contributed by atoms with E-state index >= 15 is 0 Å². The van der Waals surface area contributed by atoms with Crippen LogP contribution < -0.4 is 20.7 Å². The fraction of sp³-hybridized carbons (Fsp3) is 0.367. The maximum absolute atomic E-state index is 13.6. The number of carbonyl (C=O) groups excluding carboxylic acids is 2. The molecule has 1 aromatic heterocycles. The predicted octanol–water partition coefficient (Wildman–Crippen LogP) is 1.38. The number of amides is 2. The fourth-order valence-corrected chi connectivity index (χ4v) is 5.20. The minimum absolute atomic E-state index is 0.0748. The zero-order valence-electron chi connectivity index (χ0n) is 24.5. The number of likely N-dealkylation sites (N-methyl/N-ethyl adjacent to an activating group) is 1. The standard InChI is InChI=1S/C30H36N8O4/c1-34(2)21-9-10-22-19(13-21)11-12-38(29(22)41)26-8-6-7-23(24(26)18-39)25-16-36(5)30(42)28(33-25)32-20-14-31-37(15-20)17-27(40)35(3)4/h6-10,13-14,16,20,39H,11-12,15,17-18H2,1-5H3,(H,32,33). The molecule has 42 heavy (non-hydrogen) atoms. The van der Waals surface area contributed by atoms with Crippen LogP contribution in [-0.4, -0.2) is 96.5 Å². The number of benzene rings is 2. The van der Waals surface area contributed by atoms with Gasteiger partial charge in [-0.2, -0.15) is 5.10 Å². The van der Waals surface area contributed by atoms with Crippen molar-refractivity contribution in [2.45, 2.75) is 19.1 Å². The third-order valence-corrected chi connectivity index (χ3v) is 7.59. The van der Waals surface area contributed by atoms with Crippen molar-refractivity contribution in [1.82, 2.24) is 19.5 Å². The first-order valence-corrected chi connectivity index (χ1v) is 13.8. The average molecular weight is 573 g/mol. The number of aromatic nitrogens is 2. The summed E-state index contributed by atoms with van der Waals surface area (Å²) in [5.41, 5.74) is 4.61. The Kier molecular flexibility index (Phi) is 7.99. The van der Waals surface area contributed by atoms with Gasteiger partial charge < -0.3 is 29.7 Å². The van der Waals surface area contributed by atoms with E-state index in [2.05, 4.69) is 15.4 Å². The topological polar surface area (TPSA) is 127 Å². The summed E-state index contributed by atoms with van der Waals surface area (Å²) in [6, 6.07) is 11.0. The highest BCUT2D eigenvalue weighted by Crippen LogP contribution is 2.34. The average Bonchev–Trinajstić information content (AvgIpc) is 3.41. The lowest BCUT2D eigenvalue weighted by Gasteiger charge is -2.31. The highest BCUT2D eigenvalue weighted by molar-refractivity contribution is 6.09. The number of nitrogens with zero attached hydrogens (tertiary/aromatic N) is 7. The smallest absolute Gasteiger partial charge is 0.293 e. The normalized spacial score (nSPS) is 16.0. The van der Waals surface area contributed by atoms with Crippen molar-refractivity contribution in [3.05, 3.63) is 69.6 Å². The van der Waals surface area contributed by atoms with E-state index in [9.17, 15) is 19.5 Å². The zero-order valence-corrected chi connectivity index (χ0v) is 24.5. The molecule has 12 nitrogen and oxygen atoms in total. The van der Waals surface area contributed by atoms with E-state index in [4.69, 9.17) is 0 Å². The van der Waals surface area contributed by atoms with E-state index in [-0.39, 0.29) is 42.4 Å². The van der Waals surface area contributed by atoms with E-state index in [1.807, 2.05) is 55.4 Å². The Balaban J connectivity index is 1.43. The second kappa shape index (κ2) is 11.6. The number of rotatable bonds is 8. The van der Waals surface area contributed by atoms with Crippen LogP contribution in [0.2, 0.25) is 0 Å². The van der Waals surface area contributed by atoms with E-state index in [1.54, 1.807) is 43.5 Å². The van der Waals surface area contributed by atoms with Gasteiger partial charge in [-0.3, -0.25) is 19.4 Å². The number of anilines is 3. The van der Waals surface area contributed by atoms with Gasteiger partial charge in [0.25, 0.3) is 11.5 Å². The van der Waals surface area contributed by atoms with Crippen molar-refractivity contribution >= 4 is 35.2 Å². The molecule has 1 unspecified atom stereocenters. The van der Waals surface area contributed by atoms with Crippen LogP contribution in [0.1, 0.15) is 21.5 Å². The largest absolute Gasteiger partial charge is 0.392 e. The van der Waals surface area contributed by atoms with E-state index in [0.717, 1.165) is 11.3 Å². The molecular formula is C30H36N8O4. The molecule has 2 amide bonds. The second-order valence-corrected chi connectivity index (χ2v) is 10.9. The molecule has 2 N–H and O–H groups in total. The lowest BCUT2D eigenvalue weighted by atomic mass is 9.95. The number of hydrazone groups is 1. The summed E-state index contributed by atoms with van der Waals surface area (Å²) in [5.74, 6) is -0.0718. The number of hydrogen-bond donors (Lipinski definition) is 2. The summed E-state index contributed by atoms with van der Waals surface area (Å²) in [6.45, 7) is 0.691. The van der Waals surface area contributed by atoms with Crippen molar-refractivity contribution in [2.24, 2.45) is 12.1 Å². The number of fused-ring (bicyclic) bond motifs is 1. The highest BCUT2D eigenvalue weighted by Gasteiger charge is 2.29. The van der Waals surface area contributed by atoms with E-state index in [0.29, 0.717) is 47.6 Å². The summed E-state index contributed by atoms with van der Waals surface area (Å²) in [6.07, 6.45) is 3.95. The minimum Gasteiger partial charge on any atom is -0.392 e. The number of nitrogens with one attached hydrogen (secondary N) is 1. The van der Waals surface area contributed by atoms with Gasteiger partial charge in [0.2, 0.25) is 5.91 Å². The Bertz CT molecular complexity index is 1610. The second-order valence-electron chi connectivity index (χ2n) is 10.9. The molecule has 5 rings (SSSR count). The van der Waals surface area contributed by atoms with Gasteiger partial charge in [-0.1, -0.05) is 12.1 Å². The van der Waals surface area contributed by atoms with Gasteiger partial charge in [0, 0.05) is 76.6 Å². The van der Waals surface area contributed by atoms with Crippen LogP contribution >= 0.6 is 0 Å². The molecule has 0 spiro atoms. The molecule has 0 fully saturated rings. The maximum Gasteiger partial charge on any atom is 0.293 e. The van der Waals surface area contributed by atoms with Gasteiger partial charge in [-0.15, -0.1) is 0 Å². The third kappa shape index (κ3) is 5.57. The number of aliphatic hydroxyl groups excluding tert-OH is 1. The van der Waals surface area contributed by atoms with Crippen molar-refractivity contribution in [3.63, 3.8) is 0 Å². The van der Waals surface area contributed by atoms with Crippen molar-refractivity contribution < 1.29 is 14.7 Å². The first-order valence-electron chi connectivity index (χ1n) is 13.8. The Morgan fingerprint density at radius 1 is 1.12 bits per heavy atom. The maximum atomic E-state index is 13.6. The number of hydrogen-bond acceptors (Lipinski definition) is 9. The van der Waals surface area contributed by atoms with E-state index < -0.39 is 0 Å². The molecule has 220 valence electrons. The molecule has 0 saturated carbocycles.